The van der Waals surface area contributed by atoms with Crippen molar-refractivity contribution in [3.05, 3.63) is 94.8 Å². The van der Waals surface area contributed by atoms with Crippen molar-refractivity contribution in [3.8, 4) is 11.5 Å². The van der Waals surface area contributed by atoms with Crippen molar-refractivity contribution in [2.24, 2.45) is 5.92 Å². The van der Waals surface area contributed by atoms with Crippen LogP contribution in [0.5, 0.6) is 11.5 Å². The number of carbonyl (C=O) groups is 2. The number of aliphatic hydroxyl groups excluding tert-OH is 1. The maximum atomic E-state index is 14.6. The average Bonchev–Trinajstić information content (AvgIpc) is 3.26. The molecule has 8 nitrogen and oxygen atoms in total. The second-order valence-electron chi connectivity index (χ2n) is 10.2. The smallest absolute Gasteiger partial charge is 0.254 e. The molecule has 6 rings (SSSR count). The molecule has 1 fully saturated rings. The Bertz CT molecular complexity index is 1640. The normalized spacial score (nSPS) is 20.4. The third kappa shape index (κ3) is 3.98. The molecule has 2 aliphatic rings. The van der Waals surface area contributed by atoms with Crippen LogP contribution in [0.4, 0.5) is 5.69 Å². The fourth-order valence-corrected chi connectivity index (χ4v) is 6.33. The van der Waals surface area contributed by atoms with Gasteiger partial charge in [-0.3, -0.25) is 14.6 Å². The van der Waals surface area contributed by atoms with Crippen LogP contribution in [0.15, 0.2) is 73.1 Å². The van der Waals surface area contributed by atoms with E-state index in [-0.39, 0.29) is 38.1 Å². The first-order valence-corrected chi connectivity index (χ1v) is 13.3. The van der Waals surface area contributed by atoms with Crippen molar-refractivity contribution in [1.29, 1.82) is 0 Å². The first-order valence-electron chi connectivity index (χ1n) is 13.0. The van der Waals surface area contributed by atoms with E-state index in [1.54, 1.807) is 60.7 Å². The number of benzene rings is 3. The van der Waals surface area contributed by atoms with Crippen LogP contribution in [0, 0.1) is 5.92 Å². The molecule has 4 aromatic rings. The lowest BCUT2D eigenvalue weighted by molar-refractivity contribution is -0.124. The van der Waals surface area contributed by atoms with Gasteiger partial charge in [0.25, 0.3) is 5.91 Å². The number of nitrogens with zero attached hydrogens (tertiary/aromatic N) is 3. The fourth-order valence-electron chi connectivity index (χ4n) is 6.16. The number of methoxy groups -OCH3 is 2. The molecule has 2 aliphatic heterocycles. The van der Waals surface area contributed by atoms with Gasteiger partial charge in [-0.25, -0.2) is 0 Å². The molecule has 1 N–H and O–H groups in total. The van der Waals surface area contributed by atoms with Gasteiger partial charge in [0.2, 0.25) is 5.91 Å². The zero-order chi connectivity index (χ0) is 28.0. The van der Waals surface area contributed by atoms with E-state index in [1.165, 1.54) is 0 Å². The van der Waals surface area contributed by atoms with E-state index >= 15 is 0 Å². The van der Waals surface area contributed by atoms with Crippen LogP contribution in [0.2, 0.25) is 5.02 Å². The molecule has 1 saturated heterocycles. The molecule has 0 aliphatic carbocycles. The maximum absolute atomic E-state index is 14.6. The van der Waals surface area contributed by atoms with Gasteiger partial charge in [-0.1, -0.05) is 35.9 Å². The van der Waals surface area contributed by atoms with Gasteiger partial charge in [0.15, 0.2) is 0 Å². The highest BCUT2D eigenvalue weighted by Crippen LogP contribution is 2.48. The number of carbonyl (C=O) groups excluding carboxylic acids is 2. The molecular weight excluding hydrogens is 530 g/mol. The van der Waals surface area contributed by atoms with Crippen molar-refractivity contribution in [3.63, 3.8) is 0 Å². The predicted octanol–water partition coefficient (Wildman–Crippen LogP) is 4.45. The van der Waals surface area contributed by atoms with E-state index in [2.05, 4.69) is 4.98 Å². The number of hydrogen-bond acceptors (Lipinski definition) is 6. The molecule has 2 amide bonds. The number of amides is 2. The maximum Gasteiger partial charge on any atom is 0.254 e. The van der Waals surface area contributed by atoms with Crippen LogP contribution in [0.3, 0.4) is 0 Å². The van der Waals surface area contributed by atoms with E-state index in [9.17, 15) is 14.7 Å². The van der Waals surface area contributed by atoms with Crippen LogP contribution in [0.25, 0.3) is 10.8 Å². The minimum Gasteiger partial charge on any atom is -0.497 e. The SMILES string of the molecule is COc1ccc(CN2C[C@@]3(C(=O)N(c4cncc5ccccc45)C[C@@H]3CO)c3cc(Cl)ccc3C2=O)c(OC)c1. The van der Waals surface area contributed by atoms with Crippen LogP contribution in [-0.4, -0.2) is 60.7 Å². The van der Waals surface area contributed by atoms with Crippen LogP contribution in [-0.2, 0) is 16.8 Å². The van der Waals surface area contributed by atoms with E-state index in [1.807, 2.05) is 36.4 Å². The third-order valence-electron chi connectivity index (χ3n) is 8.16. The molecule has 3 aromatic carbocycles. The summed E-state index contributed by atoms with van der Waals surface area (Å²) >= 11 is 6.44. The quantitative estimate of drug-likeness (QED) is 0.376. The second-order valence-corrected chi connectivity index (χ2v) is 10.6. The Hall–Kier alpha value is -4.14. The van der Waals surface area contributed by atoms with Gasteiger partial charge in [0.05, 0.1) is 31.5 Å². The number of anilines is 1. The second kappa shape index (κ2) is 10.1. The van der Waals surface area contributed by atoms with Gasteiger partial charge in [-0.15, -0.1) is 0 Å². The third-order valence-corrected chi connectivity index (χ3v) is 8.40. The Morgan fingerprint density at radius 2 is 1.88 bits per heavy atom. The number of halogens is 1. The lowest BCUT2D eigenvalue weighted by atomic mass is 9.68. The highest BCUT2D eigenvalue weighted by Gasteiger charge is 2.59. The molecule has 1 aromatic heterocycles. The molecule has 3 heterocycles. The van der Waals surface area contributed by atoms with Crippen molar-refractivity contribution in [1.82, 2.24) is 9.88 Å². The molecule has 0 saturated carbocycles. The summed E-state index contributed by atoms with van der Waals surface area (Å²) in [7, 11) is 3.14. The van der Waals surface area contributed by atoms with E-state index in [4.69, 9.17) is 21.1 Å². The van der Waals surface area contributed by atoms with Gasteiger partial charge in [0.1, 0.15) is 11.5 Å². The van der Waals surface area contributed by atoms with Crippen molar-refractivity contribution in [2.75, 3.05) is 38.8 Å². The number of fused-ring (bicyclic) bond motifs is 3. The van der Waals surface area contributed by atoms with Gasteiger partial charge in [-0.2, -0.15) is 0 Å². The summed E-state index contributed by atoms with van der Waals surface area (Å²) in [5.41, 5.74) is 1.17. The number of hydrogen-bond donors (Lipinski definition) is 1. The van der Waals surface area contributed by atoms with Crippen molar-refractivity contribution in [2.45, 2.75) is 12.0 Å². The van der Waals surface area contributed by atoms with Crippen LogP contribution < -0.4 is 14.4 Å². The predicted molar refractivity (Wildman–Crippen MR) is 152 cm³/mol. The standard InChI is InChI=1S/C31H28ClN3O5/c1-39-23-9-7-20(28(12-23)40-2)15-34-18-31(26-11-22(32)8-10-25(26)29(34)37)21(17-36)16-35(30(31)38)27-14-33-13-19-5-3-4-6-24(19)27/h3-14,21,36H,15-18H2,1-2H3/t21-,31+/m1/s1. The largest absolute Gasteiger partial charge is 0.497 e. The summed E-state index contributed by atoms with van der Waals surface area (Å²) in [6.45, 7) is 0.301. The molecular formula is C31H28ClN3O5. The minimum atomic E-state index is -1.21. The summed E-state index contributed by atoms with van der Waals surface area (Å²) in [5.74, 6) is 0.289. The number of aromatic nitrogens is 1. The zero-order valence-electron chi connectivity index (χ0n) is 22.1. The Balaban J connectivity index is 1.48. The van der Waals surface area contributed by atoms with E-state index < -0.39 is 11.3 Å². The highest BCUT2D eigenvalue weighted by molar-refractivity contribution is 6.31. The topological polar surface area (TPSA) is 92.2 Å². The molecule has 0 radical (unpaired) electrons. The molecule has 1 spiro atoms. The lowest BCUT2D eigenvalue weighted by Crippen LogP contribution is -2.56. The molecule has 0 bridgehead atoms. The molecule has 9 heteroatoms. The Morgan fingerprint density at radius 3 is 2.65 bits per heavy atom. The first kappa shape index (κ1) is 26.1. The summed E-state index contributed by atoms with van der Waals surface area (Å²) in [6, 6.07) is 18.2. The zero-order valence-corrected chi connectivity index (χ0v) is 22.9. The summed E-state index contributed by atoms with van der Waals surface area (Å²) in [4.78, 5) is 36.2. The highest BCUT2D eigenvalue weighted by atomic mass is 35.5. The Kier molecular flexibility index (Phi) is 6.60. The molecule has 0 unspecified atom stereocenters. The van der Waals surface area contributed by atoms with Crippen LogP contribution >= 0.6 is 11.6 Å². The van der Waals surface area contributed by atoms with E-state index in [0.717, 1.165) is 16.3 Å². The number of pyridine rings is 1. The summed E-state index contributed by atoms with van der Waals surface area (Å²) in [6.07, 6.45) is 3.44. The first-order chi connectivity index (χ1) is 19.4. The Labute approximate surface area is 236 Å². The summed E-state index contributed by atoms with van der Waals surface area (Å²) in [5, 5.41) is 12.9. The lowest BCUT2D eigenvalue weighted by Gasteiger charge is -2.43. The minimum absolute atomic E-state index is 0.0765. The average molecular weight is 558 g/mol. The number of rotatable bonds is 6. The van der Waals surface area contributed by atoms with Gasteiger partial charge >= 0.3 is 0 Å². The number of aliphatic hydroxyl groups is 1. The molecule has 204 valence electrons. The van der Waals surface area contributed by atoms with Gasteiger partial charge in [0, 0.05) is 71.3 Å². The van der Waals surface area contributed by atoms with Gasteiger partial charge < -0.3 is 24.4 Å². The summed E-state index contributed by atoms with van der Waals surface area (Å²) < 4.78 is 10.9. The van der Waals surface area contributed by atoms with Gasteiger partial charge in [-0.05, 0) is 35.9 Å². The fraction of sp³-hybridized carbons (Fsp3) is 0.258. The Morgan fingerprint density at radius 1 is 1.05 bits per heavy atom. The van der Waals surface area contributed by atoms with Crippen LogP contribution in [0.1, 0.15) is 21.5 Å². The van der Waals surface area contributed by atoms with Crippen molar-refractivity contribution < 1.29 is 24.2 Å². The number of ether oxygens (including phenoxy) is 2. The molecule has 40 heavy (non-hydrogen) atoms. The van der Waals surface area contributed by atoms with E-state index in [0.29, 0.717) is 33.3 Å². The molecule has 2 atom stereocenters. The monoisotopic (exact) mass is 557 g/mol. The van der Waals surface area contributed by atoms with Crippen molar-refractivity contribution >= 4 is 39.9 Å².